The van der Waals surface area contributed by atoms with Crippen LogP contribution >= 0.6 is 0 Å². The molecule has 2 aromatic carbocycles. The Morgan fingerprint density at radius 2 is 1.66 bits per heavy atom. The number of fused-ring (bicyclic) bond motifs is 2. The molecule has 0 saturated carbocycles. The van der Waals surface area contributed by atoms with Gasteiger partial charge in [0.2, 0.25) is 17.2 Å². The zero-order valence-electron chi connectivity index (χ0n) is 19.9. The van der Waals surface area contributed by atoms with Crippen molar-refractivity contribution >= 4 is 33.8 Å². The first-order chi connectivity index (χ1) is 16.8. The fraction of sp³-hybridized carbons (Fsp3) is 0.250. The molecular formula is C24H26N8O2S. The van der Waals surface area contributed by atoms with E-state index in [0.29, 0.717) is 24.9 Å². The number of hydrogen-bond acceptors (Lipinski definition) is 6. The number of aromatic nitrogens is 6. The Morgan fingerprint density at radius 3 is 2.37 bits per heavy atom. The van der Waals surface area contributed by atoms with Gasteiger partial charge in [0.15, 0.2) is 5.65 Å². The van der Waals surface area contributed by atoms with Crippen molar-refractivity contribution in [1.29, 1.82) is 0 Å². The van der Waals surface area contributed by atoms with Gasteiger partial charge in [-0.25, -0.2) is 13.9 Å². The Bertz CT molecular complexity index is 1570. The number of nitrogens with one attached hydrogen (secondary N) is 2. The van der Waals surface area contributed by atoms with Gasteiger partial charge in [-0.3, -0.25) is 9.23 Å². The van der Waals surface area contributed by atoms with Crippen LogP contribution in [0.25, 0.3) is 27.7 Å². The van der Waals surface area contributed by atoms with Crippen LogP contribution in [0, 0.1) is 20.8 Å². The lowest BCUT2D eigenvalue weighted by molar-refractivity contribution is 0.548. The van der Waals surface area contributed by atoms with Gasteiger partial charge < -0.3 is 5.32 Å². The molecule has 180 valence electrons. The largest absolute Gasteiger partial charge is 0.350 e. The number of nitrogens with zero attached hydrogens (tertiary/aromatic N) is 6. The van der Waals surface area contributed by atoms with E-state index < -0.39 is 11.3 Å². The van der Waals surface area contributed by atoms with Crippen LogP contribution < -0.4 is 10.0 Å². The summed E-state index contributed by atoms with van der Waals surface area (Å²) >= 11 is -2.03. The highest BCUT2D eigenvalue weighted by Crippen LogP contribution is 2.31. The molecule has 0 aliphatic rings. The molecular weight excluding hydrogens is 464 g/mol. The third kappa shape index (κ3) is 4.53. The van der Waals surface area contributed by atoms with Gasteiger partial charge in [-0.15, -0.1) is 0 Å². The average molecular weight is 491 g/mol. The number of aryl methyl sites for hydroxylation is 4. The first kappa shape index (κ1) is 23.1. The smallest absolute Gasteiger partial charge is 0.232 e. The topological polar surface area (TPSA) is 122 Å². The first-order valence-corrected chi connectivity index (χ1v) is 12.2. The van der Waals surface area contributed by atoms with Gasteiger partial charge in [-0.1, -0.05) is 30.3 Å². The molecule has 1 unspecified atom stereocenters. The van der Waals surface area contributed by atoms with Crippen LogP contribution in [-0.2, 0) is 31.4 Å². The third-order valence-electron chi connectivity index (χ3n) is 5.97. The number of benzene rings is 2. The van der Waals surface area contributed by atoms with Crippen molar-refractivity contribution in [2.24, 2.45) is 7.05 Å². The van der Waals surface area contributed by atoms with Gasteiger partial charge >= 0.3 is 0 Å². The quantitative estimate of drug-likeness (QED) is 0.299. The van der Waals surface area contributed by atoms with Gasteiger partial charge in [-0.2, -0.15) is 19.7 Å². The van der Waals surface area contributed by atoms with E-state index >= 15 is 0 Å². The summed E-state index contributed by atoms with van der Waals surface area (Å²) in [6.07, 6.45) is 0. The standard InChI is InChI=1S/C24H26N8O2S/c1-14-20-11-19(9-10-21(20)31(4)29-14)22-15(2)30-32-23(22)27-16(3)28-24(32)25-12-17-5-7-18(8-6-17)13-26-35(33)34/h5-11,26H,12-13H2,1-4H3,(H,33,34)(H,25,27,28). The third-order valence-corrected chi connectivity index (χ3v) is 6.36. The normalized spacial score (nSPS) is 12.5. The maximum Gasteiger partial charge on any atom is 0.232 e. The first-order valence-electron chi connectivity index (χ1n) is 11.1. The van der Waals surface area contributed by atoms with E-state index in [9.17, 15) is 4.21 Å². The van der Waals surface area contributed by atoms with E-state index in [4.69, 9.17) is 14.6 Å². The lowest BCUT2D eigenvalue weighted by atomic mass is 10.0. The molecule has 0 fully saturated rings. The second-order valence-electron chi connectivity index (χ2n) is 8.47. The van der Waals surface area contributed by atoms with Crippen LogP contribution in [0.1, 0.15) is 28.3 Å². The Balaban J connectivity index is 1.46. The summed E-state index contributed by atoms with van der Waals surface area (Å²) in [4.78, 5) is 9.31. The highest BCUT2D eigenvalue weighted by molar-refractivity contribution is 7.77. The summed E-state index contributed by atoms with van der Waals surface area (Å²) in [7, 11) is 1.95. The van der Waals surface area contributed by atoms with Gasteiger partial charge in [-0.05, 0) is 49.6 Å². The van der Waals surface area contributed by atoms with Crippen molar-refractivity contribution in [3.8, 4) is 11.1 Å². The molecule has 3 N–H and O–H groups in total. The van der Waals surface area contributed by atoms with Crippen molar-refractivity contribution in [2.75, 3.05) is 5.32 Å². The summed E-state index contributed by atoms with van der Waals surface area (Å²) in [6.45, 7) is 6.73. The van der Waals surface area contributed by atoms with Crippen molar-refractivity contribution in [2.45, 2.75) is 33.9 Å². The molecule has 0 saturated heterocycles. The number of rotatable bonds is 7. The van der Waals surface area contributed by atoms with Crippen LogP contribution in [0.2, 0.25) is 0 Å². The molecule has 5 rings (SSSR count). The van der Waals surface area contributed by atoms with Crippen molar-refractivity contribution < 1.29 is 8.76 Å². The van der Waals surface area contributed by atoms with E-state index in [1.165, 1.54) is 0 Å². The van der Waals surface area contributed by atoms with Crippen LogP contribution in [0.15, 0.2) is 42.5 Å². The van der Waals surface area contributed by atoms with Gasteiger partial charge in [0.05, 0.1) is 16.9 Å². The van der Waals surface area contributed by atoms with E-state index in [-0.39, 0.29) is 0 Å². The molecule has 11 heteroatoms. The number of hydrogen-bond donors (Lipinski definition) is 3. The Morgan fingerprint density at radius 1 is 0.943 bits per heavy atom. The van der Waals surface area contributed by atoms with E-state index in [1.54, 1.807) is 4.52 Å². The minimum atomic E-state index is -2.03. The predicted molar refractivity (Wildman–Crippen MR) is 136 cm³/mol. The molecule has 0 bridgehead atoms. The molecule has 5 aromatic rings. The summed E-state index contributed by atoms with van der Waals surface area (Å²) in [5, 5.41) is 13.8. The molecule has 0 aliphatic heterocycles. The lowest BCUT2D eigenvalue weighted by Gasteiger charge is -2.09. The van der Waals surface area contributed by atoms with Crippen molar-refractivity contribution in [1.82, 2.24) is 34.1 Å². The Labute approximate surface area is 204 Å². The maximum atomic E-state index is 10.8. The summed E-state index contributed by atoms with van der Waals surface area (Å²) in [6, 6.07) is 14.1. The highest BCUT2D eigenvalue weighted by Gasteiger charge is 2.18. The van der Waals surface area contributed by atoms with Gasteiger partial charge in [0, 0.05) is 31.1 Å². The molecule has 0 amide bonds. The van der Waals surface area contributed by atoms with Crippen molar-refractivity contribution in [3.05, 3.63) is 70.8 Å². The molecule has 3 heterocycles. The van der Waals surface area contributed by atoms with E-state index in [2.05, 4.69) is 38.3 Å². The maximum absolute atomic E-state index is 10.8. The van der Waals surface area contributed by atoms with Crippen LogP contribution in [0.4, 0.5) is 5.95 Å². The zero-order valence-corrected chi connectivity index (χ0v) is 20.7. The summed E-state index contributed by atoms with van der Waals surface area (Å²) < 4.78 is 25.8. The predicted octanol–water partition coefficient (Wildman–Crippen LogP) is 3.44. The lowest BCUT2D eigenvalue weighted by Crippen LogP contribution is -2.15. The minimum Gasteiger partial charge on any atom is -0.350 e. The van der Waals surface area contributed by atoms with E-state index in [1.807, 2.05) is 56.8 Å². The molecule has 0 spiro atoms. The molecule has 35 heavy (non-hydrogen) atoms. The fourth-order valence-corrected chi connectivity index (χ4v) is 4.58. The number of anilines is 1. The van der Waals surface area contributed by atoms with Crippen LogP contribution in [0.3, 0.4) is 0 Å². The monoisotopic (exact) mass is 490 g/mol. The fourth-order valence-electron chi connectivity index (χ4n) is 4.29. The van der Waals surface area contributed by atoms with Crippen molar-refractivity contribution in [3.63, 3.8) is 0 Å². The molecule has 10 nitrogen and oxygen atoms in total. The second kappa shape index (κ2) is 9.17. The summed E-state index contributed by atoms with van der Waals surface area (Å²) in [5.41, 5.74) is 7.66. The molecule has 0 radical (unpaired) electrons. The van der Waals surface area contributed by atoms with Crippen LogP contribution in [0.5, 0.6) is 0 Å². The minimum absolute atomic E-state index is 0.322. The zero-order chi connectivity index (χ0) is 24.7. The van der Waals surface area contributed by atoms with Crippen LogP contribution in [-0.4, -0.2) is 38.1 Å². The van der Waals surface area contributed by atoms with Gasteiger partial charge in [0.25, 0.3) is 0 Å². The molecule has 0 aliphatic carbocycles. The Kier molecular flexibility index (Phi) is 6.05. The molecule has 3 aromatic heterocycles. The SMILES string of the molecule is Cc1nc(NCc2ccc(CNS(=O)O)cc2)n2nc(C)c(-c3ccc4c(c3)c(C)nn4C)c2n1. The Hall–Kier alpha value is -3.67. The highest BCUT2D eigenvalue weighted by atomic mass is 32.2. The summed E-state index contributed by atoms with van der Waals surface area (Å²) in [5.74, 6) is 1.26. The average Bonchev–Trinajstić information content (AvgIpc) is 3.31. The molecule has 1 atom stereocenters. The van der Waals surface area contributed by atoms with E-state index in [0.717, 1.165) is 50.2 Å². The second-order valence-corrected chi connectivity index (χ2v) is 9.26. The van der Waals surface area contributed by atoms with Gasteiger partial charge in [0.1, 0.15) is 5.82 Å².